The molecule has 0 unspecified atom stereocenters. The van der Waals surface area contributed by atoms with Gasteiger partial charge in [0.15, 0.2) is 0 Å². The molecule has 0 radical (unpaired) electrons. The van der Waals surface area contributed by atoms with Gasteiger partial charge in [0, 0.05) is 26.2 Å². The van der Waals surface area contributed by atoms with Gasteiger partial charge >= 0.3 is 5.97 Å². The Labute approximate surface area is 187 Å². The van der Waals surface area contributed by atoms with Crippen LogP contribution in [0.1, 0.15) is 130 Å². The molecule has 180 valence electrons. The van der Waals surface area contributed by atoms with E-state index >= 15 is 0 Å². The van der Waals surface area contributed by atoms with Crippen LogP contribution in [0.25, 0.3) is 0 Å². The number of unbranched alkanes of at least 4 members (excludes halogenated alkanes) is 4. The van der Waals surface area contributed by atoms with Gasteiger partial charge < -0.3 is 14.9 Å². The van der Waals surface area contributed by atoms with Crippen molar-refractivity contribution in [3.05, 3.63) is 0 Å². The number of aliphatic carboxylic acids is 1. The van der Waals surface area contributed by atoms with Gasteiger partial charge in [-0.05, 0) is 55.8 Å². The molecule has 0 aromatic rings. The Morgan fingerprint density at radius 2 is 1.10 bits per heavy atom. The average Bonchev–Trinajstić information content (AvgIpc) is 2.76. The van der Waals surface area contributed by atoms with Gasteiger partial charge in [0.2, 0.25) is 0 Å². The number of carboxylic acid groups (broad SMARTS) is 1. The van der Waals surface area contributed by atoms with Crippen molar-refractivity contribution in [1.82, 2.24) is 0 Å². The molecular formula is C26H52O4. The predicted molar refractivity (Wildman–Crippen MR) is 127 cm³/mol. The van der Waals surface area contributed by atoms with E-state index in [0.29, 0.717) is 12.0 Å². The molecule has 0 aliphatic heterocycles. The SMILES string of the molecule is CCC(CC)(CCCCCO)CCCCOCCCCC(CC)(CC)CCC(=O)O. The van der Waals surface area contributed by atoms with E-state index in [-0.39, 0.29) is 11.8 Å². The number of carbonyl (C=O) groups is 1. The first kappa shape index (κ1) is 29.4. The zero-order valence-electron chi connectivity index (χ0n) is 20.6. The van der Waals surface area contributed by atoms with Gasteiger partial charge in [0.05, 0.1) is 0 Å². The van der Waals surface area contributed by atoms with E-state index in [1.165, 1.54) is 38.5 Å². The molecule has 0 atom stereocenters. The maximum Gasteiger partial charge on any atom is 0.303 e. The molecule has 0 aliphatic carbocycles. The van der Waals surface area contributed by atoms with Crippen LogP contribution in [0.2, 0.25) is 0 Å². The quantitative estimate of drug-likeness (QED) is 0.177. The minimum atomic E-state index is -0.676. The van der Waals surface area contributed by atoms with Crippen LogP contribution in [0.3, 0.4) is 0 Å². The van der Waals surface area contributed by atoms with Crippen molar-refractivity contribution in [2.75, 3.05) is 19.8 Å². The number of hydrogen-bond acceptors (Lipinski definition) is 3. The Morgan fingerprint density at radius 1 is 0.667 bits per heavy atom. The number of rotatable bonds is 22. The summed E-state index contributed by atoms with van der Waals surface area (Å²) in [6, 6.07) is 0. The van der Waals surface area contributed by atoms with Crippen LogP contribution in [0.4, 0.5) is 0 Å². The summed E-state index contributed by atoms with van der Waals surface area (Å²) in [5, 5.41) is 18.0. The van der Waals surface area contributed by atoms with Gasteiger partial charge in [-0.3, -0.25) is 4.79 Å². The molecular weight excluding hydrogens is 376 g/mol. The lowest BCUT2D eigenvalue weighted by atomic mass is 9.74. The molecule has 4 heteroatoms. The standard InChI is InChI=1S/C26H52O4/c1-5-25(6-2,17-10-9-13-21-27)18-11-14-22-30-23-15-12-19-26(7-3,8-4)20-16-24(28)29/h27H,5-23H2,1-4H3,(H,28,29). The summed E-state index contributed by atoms with van der Waals surface area (Å²) in [6.07, 6.45) is 17.3. The highest BCUT2D eigenvalue weighted by atomic mass is 16.5. The minimum Gasteiger partial charge on any atom is -0.481 e. The second kappa shape index (κ2) is 18.0. The Balaban J connectivity index is 3.95. The molecule has 0 aromatic carbocycles. The second-order valence-corrected chi connectivity index (χ2v) is 9.37. The van der Waals surface area contributed by atoms with E-state index in [9.17, 15) is 4.79 Å². The lowest BCUT2D eigenvalue weighted by Gasteiger charge is -2.32. The number of ether oxygens (including phenoxy) is 1. The highest BCUT2D eigenvalue weighted by Gasteiger charge is 2.26. The summed E-state index contributed by atoms with van der Waals surface area (Å²) < 4.78 is 5.89. The second-order valence-electron chi connectivity index (χ2n) is 9.37. The Hall–Kier alpha value is -0.610. The molecule has 0 fully saturated rings. The Morgan fingerprint density at radius 3 is 1.50 bits per heavy atom. The van der Waals surface area contributed by atoms with E-state index in [4.69, 9.17) is 14.9 Å². The van der Waals surface area contributed by atoms with Crippen LogP contribution < -0.4 is 0 Å². The van der Waals surface area contributed by atoms with Crippen LogP contribution in [0, 0.1) is 10.8 Å². The van der Waals surface area contributed by atoms with Gasteiger partial charge in [-0.2, -0.15) is 0 Å². The number of aliphatic hydroxyl groups is 1. The first-order valence-electron chi connectivity index (χ1n) is 12.8. The number of hydrogen-bond donors (Lipinski definition) is 2. The van der Waals surface area contributed by atoms with Crippen molar-refractivity contribution in [3.8, 4) is 0 Å². The Bertz CT molecular complexity index is 400. The normalized spacial score (nSPS) is 12.4. The first-order chi connectivity index (χ1) is 14.4. The van der Waals surface area contributed by atoms with E-state index in [2.05, 4.69) is 27.7 Å². The fourth-order valence-corrected chi connectivity index (χ4v) is 4.84. The molecule has 0 saturated heterocycles. The molecule has 0 bridgehead atoms. The minimum absolute atomic E-state index is 0.194. The molecule has 4 nitrogen and oxygen atoms in total. The van der Waals surface area contributed by atoms with Crippen LogP contribution in [-0.4, -0.2) is 36.0 Å². The summed E-state index contributed by atoms with van der Waals surface area (Å²) in [4.78, 5) is 10.9. The third-order valence-corrected chi connectivity index (χ3v) is 7.73. The average molecular weight is 429 g/mol. The number of aliphatic hydroxyl groups excluding tert-OH is 1. The summed E-state index contributed by atoms with van der Waals surface area (Å²) in [5.74, 6) is -0.676. The van der Waals surface area contributed by atoms with Gasteiger partial charge in [0.25, 0.3) is 0 Å². The monoisotopic (exact) mass is 428 g/mol. The predicted octanol–water partition coefficient (Wildman–Crippen LogP) is 7.37. The van der Waals surface area contributed by atoms with Gasteiger partial charge in [0.1, 0.15) is 0 Å². The van der Waals surface area contributed by atoms with Crippen molar-refractivity contribution in [2.45, 2.75) is 130 Å². The van der Waals surface area contributed by atoms with Gasteiger partial charge in [-0.15, -0.1) is 0 Å². The first-order valence-corrected chi connectivity index (χ1v) is 12.8. The molecule has 2 N–H and O–H groups in total. The molecule has 0 saturated carbocycles. The largest absolute Gasteiger partial charge is 0.481 e. The molecule has 0 heterocycles. The lowest BCUT2D eigenvalue weighted by molar-refractivity contribution is -0.137. The Kier molecular flexibility index (Phi) is 17.6. The van der Waals surface area contributed by atoms with E-state index < -0.39 is 5.97 Å². The van der Waals surface area contributed by atoms with Gasteiger partial charge in [-0.1, -0.05) is 79.1 Å². The van der Waals surface area contributed by atoms with Crippen LogP contribution in [0.5, 0.6) is 0 Å². The van der Waals surface area contributed by atoms with E-state index in [1.54, 1.807) is 0 Å². The van der Waals surface area contributed by atoms with Crippen molar-refractivity contribution < 1.29 is 19.7 Å². The molecule has 0 amide bonds. The molecule has 0 spiro atoms. The topological polar surface area (TPSA) is 66.8 Å². The summed E-state index contributed by atoms with van der Waals surface area (Å²) >= 11 is 0. The maximum absolute atomic E-state index is 10.9. The third kappa shape index (κ3) is 12.9. The molecule has 0 aromatic heterocycles. The van der Waals surface area contributed by atoms with Crippen LogP contribution in [0.15, 0.2) is 0 Å². The van der Waals surface area contributed by atoms with E-state index in [0.717, 1.165) is 71.0 Å². The van der Waals surface area contributed by atoms with Gasteiger partial charge in [-0.25, -0.2) is 0 Å². The van der Waals surface area contributed by atoms with Crippen LogP contribution >= 0.6 is 0 Å². The lowest BCUT2D eigenvalue weighted by Crippen LogP contribution is -2.20. The molecule has 0 aliphatic rings. The molecule has 0 rings (SSSR count). The van der Waals surface area contributed by atoms with Crippen molar-refractivity contribution in [2.24, 2.45) is 10.8 Å². The number of carboxylic acids is 1. The third-order valence-electron chi connectivity index (χ3n) is 7.73. The zero-order valence-corrected chi connectivity index (χ0v) is 20.6. The zero-order chi connectivity index (χ0) is 22.7. The smallest absolute Gasteiger partial charge is 0.303 e. The van der Waals surface area contributed by atoms with Crippen LogP contribution in [-0.2, 0) is 9.53 Å². The van der Waals surface area contributed by atoms with Crippen molar-refractivity contribution in [1.29, 1.82) is 0 Å². The van der Waals surface area contributed by atoms with Crippen molar-refractivity contribution in [3.63, 3.8) is 0 Å². The highest BCUT2D eigenvalue weighted by molar-refractivity contribution is 5.66. The molecule has 30 heavy (non-hydrogen) atoms. The highest BCUT2D eigenvalue weighted by Crippen LogP contribution is 2.38. The summed E-state index contributed by atoms with van der Waals surface area (Å²) in [7, 11) is 0. The maximum atomic E-state index is 10.9. The van der Waals surface area contributed by atoms with Crippen molar-refractivity contribution >= 4 is 5.97 Å². The summed E-state index contributed by atoms with van der Waals surface area (Å²) in [6.45, 7) is 11.1. The van der Waals surface area contributed by atoms with E-state index in [1.807, 2.05) is 0 Å². The summed E-state index contributed by atoms with van der Waals surface area (Å²) in [5.41, 5.74) is 0.675. The fourth-order valence-electron chi connectivity index (χ4n) is 4.84. The fraction of sp³-hybridized carbons (Fsp3) is 0.962.